The molecule has 14 rings (SSSR count). The maximum Gasteiger partial charge on any atom is 0.210 e. The molecule has 4 nitrogen and oxygen atoms in total. The van der Waals surface area contributed by atoms with Crippen LogP contribution in [-0.2, 0) is 21.7 Å². The highest BCUT2D eigenvalue weighted by Gasteiger charge is 2.47. The van der Waals surface area contributed by atoms with Crippen molar-refractivity contribution < 1.29 is 9.15 Å². The molecular formula is C83H86N4+2. The van der Waals surface area contributed by atoms with E-state index in [0.29, 0.717) is 11.8 Å². The fourth-order valence-electron chi connectivity index (χ4n) is 17.3. The van der Waals surface area contributed by atoms with Crippen molar-refractivity contribution >= 4 is 77.3 Å². The predicted molar refractivity (Wildman–Crippen MR) is 372 cm³/mol. The van der Waals surface area contributed by atoms with E-state index in [1.165, 1.54) is 144 Å². The Hall–Kier alpha value is -8.34. The third kappa shape index (κ3) is 8.89. The fourth-order valence-corrected chi connectivity index (χ4v) is 17.3. The lowest BCUT2D eigenvalue weighted by Crippen LogP contribution is -2.27. The molecule has 6 aliphatic rings. The van der Waals surface area contributed by atoms with Gasteiger partial charge in [0, 0.05) is 83.1 Å². The van der Waals surface area contributed by atoms with Crippen molar-refractivity contribution in [3.8, 4) is 0 Å². The van der Waals surface area contributed by atoms with Crippen molar-refractivity contribution in [1.82, 2.24) is 0 Å². The highest BCUT2D eigenvalue weighted by molar-refractivity contribution is 6.09. The van der Waals surface area contributed by atoms with Gasteiger partial charge in [-0.2, -0.15) is 9.15 Å². The van der Waals surface area contributed by atoms with Crippen molar-refractivity contribution in [3.63, 3.8) is 0 Å². The standard InChI is InChI=1S/C83H86N4/c1-52-47-58(35-43-72-80(3,4)76-62-27-19-15-23-54(62)31-39-68(76)84(72)11)66(59(48-52)36-44-73-81(5,6)77-63-28-20-16-24-55(63)32-40-69(77)85(73)12)51-67-60(37-45-74-82(7,8)78-64-29-21-17-25-56(64)33-41-70(78)86(74)13)49-53(2)50-61(67)38-46-75-83(9,10)79-65-30-22-18-26-57(65)34-42-71(79)87(75)14/h15-46,52-53H,47-51H2,1-14H3/q+2. The zero-order valence-corrected chi connectivity index (χ0v) is 54.0. The first-order valence-electron chi connectivity index (χ1n) is 32.1. The molecule has 0 amide bonds. The second-order valence-electron chi connectivity index (χ2n) is 28.6. The SMILES string of the molecule is CC1CC(=CC=C2N(C)c3ccc4ccccc4c3C2(C)C)C(CC2=C(C=CC3=[N+](C)c4ccc5ccccc5c4C3(C)C)CC(C)CC2=CC=C2N(C)c3ccc4ccccc4c3C2(C)C)=C(C=CC2=[N+](C)c3ccc4ccccc4c3C2(C)C)C1. The normalized spacial score (nSPS) is 23.1. The van der Waals surface area contributed by atoms with Gasteiger partial charge in [0.15, 0.2) is 11.4 Å². The molecule has 87 heavy (non-hydrogen) atoms. The summed E-state index contributed by atoms with van der Waals surface area (Å²) < 4.78 is 4.94. The van der Waals surface area contributed by atoms with Gasteiger partial charge >= 0.3 is 0 Å². The topological polar surface area (TPSA) is 12.5 Å². The van der Waals surface area contributed by atoms with Crippen LogP contribution in [0, 0.1) is 11.8 Å². The summed E-state index contributed by atoms with van der Waals surface area (Å²) in [4.78, 5) is 4.94. The van der Waals surface area contributed by atoms with Gasteiger partial charge in [-0.15, -0.1) is 0 Å². The van der Waals surface area contributed by atoms with E-state index in [-0.39, 0.29) is 21.7 Å². The number of hydrogen-bond donors (Lipinski definition) is 0. The van der Waals surface area contributed by atoms with Gasteiger partial charge < -0.3 is 9.80 Å². The van der Waals surface area contributed by atoms with Gasteiger partial charge in [0.1, 0.15) is 14.1 Å². The molecule has 2 aliphatic carbocycles. The summed E-state index contributed by atoms with van der Waals surface area (Å²) in [5.41, 5.74) is 24.1. The lowest BCUT2D eigenvalue weighted by molar-refractivity contribution is -0.401. The number of hydrogen-bond acceptors (Lipinski definition) is 2. The second kappa shape index (κ2) is 20.7. The third-order valence-electron chi connectivity index (χ3n) is 21.5. The Morgan fingerprint density at radius 1 is 0.391 bits per heavy atom. The Morgan fingerprint density at radius 3 is 1.09 bits per heavy atom. The molecule has 436 valence electrons. The molecule has 4 heterocycles. The monoisotopic (exact) mass is 1140 g/mol. The maximum absolute atomic E-state index is 2.55. The molecule has 2 atom stereocenters. The minimum Gasteiger partial charge on any atom is -0.347 e. The largest absolute Gasteiger partial charge is 0.347 e. The molecule has 8 aromatic carbocycles. The Bertz CT molecular complexity index is 4320. The van der Waals surface area contributed by atoms with Crippen LogP contribution in [-0.4, -0.2) is 48.8 Å². The lowest BCUT2D eigenvalue weighted by atomic mass is 9.73. The summed E-state index contributed by atoms with van der Waals surface area (Å²) in [6.45, 7) is 24.4. The van der Waals surface area contributed by atoms with Crippen molar-refractivity contribution in [2.24, 2.45) is 11.8 Å². The molecule has 0 spiro atoms. The number of nitrogens with zero attached hydrogens (tertiary/aromatic N) is 4. The summed E-state index contributed by atoms with van der Waals surface area (Å²) in [6, 6.07) is 54.4. The van der Waals surface area contributed by atoms with Gasteiger partial charge in [-0.25, -0.2) is 0 Å². The van der Waals surface area contributed by atoms with Gasteiger partial charge in [0.2, 0.25) is 11.4 Å². The molecule has 2 unspecified atom stereocenters. The average Bonchev–Trinajstić information content (AvgIpc) is 1.65. The molecule has 4 aliphatic heterocycles. The molecular weight excluding hydrogens is 1050 g/mol. The minimum absolute atomic E-state index is 0.204. The third-order valence-corrected chi connectivity index (χ3v) is 21.5. The number of fused-ring (bicyclic) bond motifs is 12. The van der Waals surface area contributed by atoms with E-state index >= 15 is 0 Å². The first-order valence-corrected chi connectivity index (χ1v) is 32.1. The highest BCUT2D eigenvalue weighted by Crippen LogP contribution is 2.54. The van der Waals surface area contributed by atoms with Crippen molar-refractivity contribution in [2.45, 2.75) is 123 Å². The second-order valence-corrected chi connectivity index (χ2v) is 28.6. The highest BCUT2D eigenvalue weighted by atomic mass is 15.2. The summed E-state index contributed by atoms with van der Waals surface area (Å²) in [5, 5.41) is 10.6. The van der Waals surface area contributed by atoms with Crippen LogP contribution in [0.4, 0.5) is 22.7 Å². The van der Waals surface area contributed by atoms with Gasteiger partial charge in [-0.05, 0) is 196 Å². The van der Waals surface area contributed by atoms with E-state index < -0.39 is 0 Å². The smallest absolute Gasteiger partial charge is 0.210 e. The number of anilines is 2. The first-order chi connectivity index (χ1) is 41.7. The number of likely N-dealkylation sites (N-methyl/N-ethyl adjacent to an activating group) is 2. The van der Waals surface area contributed by atoms with Crippen LogP contribution >= 0.6 is 0 Å². The van der Waals surface area contributed by atoms with Crippen LogP contribution in [0.1, 0.15) is 124 Å². The molecule has 4 heteroatoms. The molecule has 0 saturated heterocycles. The van der Waals surface area contributed by atoms with E-state index in [1.807, 2.05) is 0 Å². The van der Waals surface area contributed by atoms with Crippen LogP contribution in [0.3, 0.4) is 0 Å². The number of benzene rings is 8. The number of allylic oxidation sites excluding steroid dienone is 16. The molecule has 0 saturated carbocycles. The molecule has 0 fully saturated rings. The van der Waals surface area contributed by atoms with E-state index in [0.717, 1.165) is 32.1 Å². The summed E-state index contributed by atoms with van der Waals surface area (Å²) >= 11 is 0. The van der Waals surface area contributed by atoms with Gasteiger partial charge in [-0.3, -0.25) is 0 Å². The predicted octanol–water partition coefficient (Wildman–Crippen LogP) is 20.4. The number of rotatable bonds is 8. The Morgan fingerprint density at radius 2 is 0.724 bits per heavy atom. The first kappa shape index (κ1) is 56.5. The minimum atomic E-state index is -0.204. The van der Waals surface area contributed by atoms with Gasteiger partial charge in [0.05, 0.1) is 10.8 Å². The Kier molecular flexibility index (Phi) is 13.4. The maximum atomic E-state index is 2.55. The summed E-state index contributed by atoms with van der Waals surface area (Å²) in [7, 11) is 9.13. The van der Waals surface area contributed by atoms with Crippen LogP contribution in [0.5, 0.6) is 0 Å². The van der Waals surface area contributed by atoms with Crippen LogP contribution in [0.25, 0.3) is 43.1 Å². The van der Waals surface area contributed by atoms with E-state index in [9.17, 15) is 0 Å². The van der Waals surface area contributed by atoms with E-state index in [2.05, 4.69) is 311 Å². The van der Waals surface area contributed by atoms with Gasteiger partial charge in [0.25, 0.3) is 0 Å². The Balaban J connectivity index is 0.959. The summed E-state index contributed by atoms with van der Waals surface area (Å²) in [5.74, 6) is 0.918. The van der Waals surface area contributed by atoms with Crippen molar-refractivity contribution in [1.29, 1.82) is 0 Å². The van der Waals surface area contributed by atoms with Gasteiger partial charge in [-0.1, -0.05) is 175 Å². The van der Waals surface area contributed by atoms with Crippen molar-refractivity contribution in [2.75, 3.05) is 38.0 Å². The summed E-state index contributed by atoms with van der Waals surface area (Å²) in [6.07, 6.45) is 25.1. The molecule has 8 aromatic rings. The van der Waals surface area contributed by atoms with Crippen LogP contribution in [0.15, 0.2) is 239 Å². The quantitative estimate of drug-likeness (QED) is 0.141. The molecule has 0 N–H and O–H groups in total. The van der Waals surface area contributed by atoms with Crippen molar-refractivity contribution in [3.05, 3.63) is 261 Å². The van der Waals surface area contributed by atoms with E-state index in [4.69, 9.17) is 0 Å². The average molecular weight is 1140 g/mol. The van der Waals surface area contributed by atoms with E-state index in [1.54, 1.807) is 0 Å². The zero-order valence-electron chi connectivity index (χ0n) is 54.0. The molecule has 0 radical (unpaired) electrons. The van der Waals surface area contributed by atoms with Crippen LogP contribution < -0.4 is 9.80 Å². The Labute approximate surface area is 517 Å². The lowest BCUT2D eigenvalue weighted by Gasteiger charge is -2.32. The molecule has 0 bridgehead atoms. The fraction of sp³-hybridized carbons (Fsp3) is 0.301. The van der Waals surface area contributed by atoms with Crippen LogP contribution in [0.2, 0.25) is 0 Å². The zero-order chi connectivity index (χ0) is 60.6. The molecule has 0 aromatic heterocycles.